The number of rotatable bonds is 6. The van der Waals surface area contributed by atoms with E-state index in [-0.39, 0.29) is 6.04 Å². The highest BCUT2D eigenvalue weighted by molar-refractivity contribution is 6.31. The predicted molar refractivity (Wildman–Crippen MR) is 83.1 cm³/mol. The van der Waals surface area contributed by atoms with Gasteiger partial charge in [0.15, 0.2) is 0 Å². The van der Waals surface area contributed by atoms with Crippen molar-refractivity contribution < 1.29 is 5.11 Å². The number of anilines is 1. The first-order valence-electron chi connectivity index (χ1n) is 6.71. The third-order valence-electron chi connectivity index (χ3n) is 3.03. The average Bonchev–Trinajstić information content (AvgIpc) is 2.26. The van der Waals surface area contributed by atoms with Crippen molar-refractivity contribution in [2.75, 3.05) is 25.0 Å². The molecule has 0 aliphatic rings. The van der Waals surface area contributed by atoms with Crippen LogP contribution in [0, 0.1) is 0 Å². The number of likely N-dealkylation sites (N-methyl/N-ethyl adjacent to an activating group) is 1. The van der Waals surface area contributed by atoms with Crippen LogP contribution in [-0.4, -0.2) is 30.8 Å². The molecule has 108 valence electrons. The summed E-state index contributed by atoms with van der Waals surface area (Å²) in [5.74, 6) is 0. The van der Waals surface area contributed by atoms with Gasteiger partial charge >= 0.3 is 0 Å². The van der Waals surface area contributed by atoms with Crippen molar-refractivity contribution >= 4 is 17.3 Å². The third kappa shape index (κ3) is 5.01. The quantitative estimate of drug-likeness (QED) is 0.842. The van der Waals surface area contributed by atoms with Crippen molar-refractivity contribution in [2.24, 2.45) is 0 Å². The van der Waals surface area contributed by atoms with Gasteiger partial charge in [0, 0.05) is 30.3 Å². The second kappa shape index (κ2) is 6.60. The summed E-state index contributed by atoms with van der Waals surface area (Å²) in [5.41, 5.74) is 1.39. The van der Waals surface area contributed by atoms with E-state index in [1.807, 2.05) is 30.1 Å². The Morgan fingerprint density at radius 1 is 1.42 bits per heavy atom. The molecule has 0 saturated carbocycles. The molecule has 3 nitrogen and oxygen atoms in total. The first kappa shape index (κ1) is 16.3. The fourth-order valence-electron chi connectivity index (χ4n) is 2.19. The van der Waals surface area contributed by atoms with Crippen LogP contribution in [0.5, 0.6) is 0 Å². The molecule has 0 aromatic heterocycles. The molecule has 0 amide bonds. The SMILES string of the molecule is CCNC(C)c1ccc(N(C)CC(C)(C)O)cc1Cl. The van der Waals surface area contributed by atoms with Gasteiger partial charge in [0.1, 0.15) is 0 Å². The Labute approximate surface area is 121 Å². The summed E-state index contributed by atoms with van der Waals surface area (Å²) >= 11 is 6.35. The van der Waals surface area contributed by atoms with Crippen LogP contribution in [0.2, 0.25) is 5.02 Å². The maximum atomic E-state index is 9.85. The van der Waals surface area contributed by atoms with Gasteiger partial charge in [-0.1, -0.05) is 24.6 Å². The van der Waals surface area contributed by atoms with E-state index >= 15 is 0 Å². The third-order valence-corrected chi connectivity index (χ3v) is 3.35. The van der Waals surface area contributed by atoms with Crippen LogP contribution < -0.4 is 10.2 Å². The number of nitrogens with zero attached hydrogens (tertiary/aromatic N) is 1. The predicted octanol–water partition coefficient (Wildman–Crippen LogP) is 3.22. The van der Waals surface area contributed by atoms with Crippen LogP contribution >= 0.6 is 11.6 Å². The van der Waals surface area contributed by atoms with Gasteiger partial charge < -0.3 is 15.3 Å². The monoisotopic (exact) mass is 284 g/mol. The van der Waals surface area contributed by atoms with Gasteiger partial charge in [0.05, 0.1) is 5.60 Å². The Morgan fingerprint density at radius 2 is 2.05 bits per heavy atom. The molecule has 0 aliphatic heterocycles. The number of benzene rings is 1. The summed E-state index contributed by atoms with van der Waals surface area (Å²) < 4.78 is 0. The average molecular weight is 285 g/mol. The number of hydrogen-bond acceptors (Lipinski definition) is 3. The van der Waals surface area contributed by atoms with Crippen LogP contribution in [0.25, 0.3) is 0 Å². The lowest BCUT2D eigenvalue weighted by Gasteiger charge is -2.28. The fraction of sp³-hybridized carbons (Fsp3) is 0.600. The molecule has 0 aliphatic carbocycles. The highest BCUT2D eigenvalue weighted by atomic mass is 35.5. The van der Waals surface area contributed by atoms with E-state index in [4.69, 9.17) is 11.6 Å². The summed E-state index contributed by atoms with van der Waals surface area (Å²) in [6, 6.07) is 6.29. The minimum Gasteiger partial charge on any atom is -0.389 e. The molecule has 1 rings (SSSR count). The van der Waals surface area contributed by atoms with Gasteiger partial charge in [-0.05, 0) is 45.0 Å². The number of nitrogens with one attached hydrogen (secondary N) is 1. The van der Waals surface area contributed by atoms with Crippen molar-refractivity contribution in [1.29, 1.82) is 0 Å². The second-order valence-electron chi connectivity index (χ2n) is 5.65. The molecule has 1 atom stereocenters. The first-order valence-corrected chi connectivity index (χ1v) is 7.08. The molecule has 0 spiro atoms. The molecule has 19 heavy (non-hydrogen) atoms. The Hall–Kier alpha value is -0.770. The van der Waals surface area contributed by atoms with Crippen molar-refractivity contribution in [2.45, 2.75) is 39.3 Å². The first-order chi connectivity index (χ1) is 8.74. The molecule has 1 unspecified atom stereocenters. The van der Waals surface area contributed by atoms with Gasteiger partial charge in [0.25, 0.3) is 0 Å². The molecule has 0 radical (unpaired) electrons. The maximum Gasteiger partial charge on any atom is 0.0765 e. The Bertz CT molecular complexity index is 415. The molecular weight excluding hydrogens is 260 g/mol. The number of aliphatic hydroxyl groups is 1. The molecule has 0 bridgehead atoms. The van der Waals surface area contributed by atoms with Gasteiger partial charge in [-0.2, -0.15) is 0 Å². The zero-order valence-corrected chi connectivity index (χ0v) is 13.3. The van der Waals surface area contributed by atoms with Crippen LogP contribution in [0.1, 0.15) is 39.3 Å². The molecule has 0 heterocycles. The van der Waals surface area contributed by atoms with E-state index in [1.165, 1.54) is 0 Å². The lowest BCUT2D eigenvalue weighted by molar-refractivity contribution is 0.0886. The smallest absolute Gasteiger partial charge is 0.0765 e. The Morgan fingerprint density at radius 3 is 2.53 bits per heavy atom. The van der Waals surface area contributed by atoms with Gasteiger partial charge in [-0.3, -0.25) is 0 Å². The summed E-state index contributed by atoms with van der Waals surface area (Å²) in [6.45, 7) is 9.25. The van der Waals surface area contributed by atoms with E-state index in [1.54, 1.807) is 13.8 Å². The van der Waals surface area contributed by atoms with E-state index in [9.17, 15) is 5.11 Å². The van der Waals surface area contributed by atoms with Gasteiger partial charge in [-0.25, -0.2) is 0 Å². The molecule has 1 aromatic carbocycles. The van der Waals surface area contributed by atoms with Crippen molar-refractivity contribution in [3.05, 3.63) is 28.8 Å². The number of halogens is 1. The molecule has 1 aromatic rings. The Kier molecular flexibility index (Phi) is 5.65. The minimum atomic E-state index is -0.725. The van der Waals surface area contributed by atoms with E-state index in [0.717, 1.165) is 22.8 Å². The highest BCUT2D eigenvalue weighted by Crippen LogP contribution is 2.28. The standard InChI is InChI=1S/C15H25ClN2O/c1-6-17-11(2)13-8-7-12(9-14(13)16)18(5)10-15(3,4)19/h7-9,11,17,19H,6,10H2,1-5H3. The topological polar surface area (TPSA) is 35.5 Å². The summed E-state index contributed by atoms with van der Waals surface area (Å²) in [7, 11) is 1.96. The van der Waals surface area contributed by atoms with E-state index in [2.05, 4.69) is 19.2 Å². The van der Waals surface area contributed by atoms with Crippen molar-refractivity contribution in [3.8, 4) is 0 Å². The van der Waals surface area contributed by atoms with Crippen LogP contribution in [0.4, 0.5) is 5.69 Å². The summed E-state index contributed by atoms with van der Waals surface area (Å²) in [4.78, 5) is 2.01. The zero-order valence-electron chi connectivity index (χ0n) is 12.5. The van der Waals surface area contributed by atoms with Crippen molar-refractivity contribution in [1.82, 2.24) is 5.32 Å². The normalized spacial score (nSPS) is 13.4. The molecule has 2 N–H and O–H groups in total. The molecular formula is C15H25ClN2O. The van der Waals surface area contributed by atoms with E-state index in [0.29, 0.717) is 6.54 Å². The van der Waals surface area contributed by atoms with Crippen LogP contribution in [0.3, 0.4) is 0 Å². The highest BCUT2D eigenvalue weighted by Gasteiger charge is 2.17. The Balaban J connectivity index is 2.87. The second-order valence-corrected chi connectivity index (χ2v) is 6.06. The molecule has 0 saturated heterocycles. The van der Waals surface area contributed by atoms with Gasteiger partial charge in [0.2, 0.25) is 0 Å². The zero-order chi connectivity index (χ0) is 14.6. The summed E-state index contributed by atoms with van der Waals surface area (Å²) in [6.07, 6.45) is 0. The fourth-order valence-corrected chi connectivity index (χ4v) is 2.53. The van der Waals surface area contributed by atoms with Gasteiger partial charge in [-0.15, -0.1) is 0 Å². The lowest BCUT2D eigenvalue weighted by Crippen LogP contribution is -2.36. The van der Waals surface area contributed by atoms with Crippen LogP contribution in [0.15, 0.2) is 18.2 Å². The largest absolute Gasteiger partial charge is 0.389 e. The lowest BCUT2D eigenvalue weighted by atomic mass is 10.1. The number of hydrogen-bond donors (Lipinski definition) is 2. The van der Waals surface area contributed by atoms with Crippen LogP contribution in [-0.2, 0) is 0 Å². The molecule has 4 heteroatoms. The summed E-state index contributed by atoms with van der Waals surface area (Å²) in [5, 5.41) is 14.0. The maximum absolute atomic E-state index is 9.85. The van der Waals surface area contributed by atoms with E-state index < -0.39 is 5.60 Å². The molecule has 0 fully saturated rings. The minimum absolute atomic E-state index is 0.242. The van der Waals surface area contributed by atoms with Crippen molar-refractivity contribution in [3.63, 3.8) is 0 Å².